The Bertz CT molecular complexity index is 813. The standard InChI is InChI=1S/C16H17N5O2S/c1-10(2)14-12(19-8-23-14)7-18-15(22)13-16(24-9-20-13)21-11-4-3-5-17-6-11/h3-6,8-10,21H,7H2,1-2H3,(H,18,22). The highest BCUT2D eigenvalue weighted by Crippen LogP contribution is 2.24. The summed E-state index contributed by atoms with van der Waals surface area (Å²) in [5, 5.41) is 6.66. The number of hydrogen-bond donors (Lipinski definition) is 2. The highest BCUT2D eigenvalue weighted by molar-refractivity contribution is 7.14. The minimum Gasteiger partial charge on any atom is -0.448 e. The molecule has 0 spiro atoms. The average molecular weight is 343 g/mol. The van der Waals surface area contributed by atoms with Gasteiger partial charge in [-0.2, -0.15) is 0 Å². The Morgan fingerprint density at radius 3 is 3.00 bits per heavy atom. The molecule has 8 heteroatoms. The third-order valence-electron chi connectivity index (χ3n) is 3.32. The fourth-order valence-electron chi connectivity index (χ4n) is 2.19. The van der Waals surface area contributed by atoms with Crippen LogP contribution in [0.3, 0.4) is 0 Å². The van der Waals surface area contributed by atoms with Crippen LogP contribution in [0.15, 0.2) is 40.8 Å². The monoisotopic (exact) mass is 343 g/mol. The molecule has 3 heterocycles. The minimum absolute atomic E-state index is 0.210. The number of carbonyl (C=O) groups is 1. The number of oxazole rings is 1. The van der Waals surface area contributed by atoms with Gasteiger partial charge in [0.25, 0.3) is 5.91 Å². The number of hydrogen-bond acceptors (Lipinski definition) is 7. The molecule has 2 N–H and O–H groups in total. The van der Waals surface area contributed by atoms with Gasteiger partial charge in [-0.15, -0.1) is 11.3 Å². The van der Waals surface area contributed by atoms with Crippen molar-refractivity contribution in [1.29, 1.82) is 0 Å². The average Bonchev–Trinajstić information content (AvgIpc) is 3.22. The van der Waals surface area contributed by atoms with E-state index in [0.29, 0.717) is 17.2 Å². The van der Waals surface area contributed by atoms with Crippen molar-refractivity contribution in [3.8, 4) is 0 Å². The Kier molecular flexibility index (Phi) is 4.85. The van der Waals surface area contributed by atoms with Crippen LogP contribution in [-0.2, 0) is 6.54 Å². The number of pyridine rings is 1. The Morgan fingerprint density at radius 2 is 2.25 bits per heavy atom. The van der Waals surface area contributed by atoms with Gasteiger partial charge in [0.2, 0.25) is 0 Å². The molecule has 124 valence electrons. The van der Waals surface area contributed by atoms with Gasteiger partial charge < -0.3 is 15.1 Å². The smallest absolute Gasteiger partial charge is 0.273 e. The topological polar surface area (TPSA) is 92.9 Å². The summed E-state index contributed by atoms with van der Waals surface area (Å²) in [7, 11) is 0. The van der Waals surface area contributed by atoms with Gasteiger partial charge in [-0.1, -0.05) is 13.8 Å². The molecule has 0 saturated heterocycles. The van der Waals surface area contributed by atoms with Crippen LogP contribution in [0.2, 0.25) is 0 Å². The number of carbonyl (C=O) groups excluding carboxylic acids is 1. The molecular formula is C16H17N5O2S. The van der Waals surface area contributed by atoms with E-state index < -0.39 is 0 Å². The summed E-state index contributed by atoms with van der Waals surface area (Å²) in [6.07, 6.45) is 4.77. The zero-order chi connectivity index (χ0) is 16.9. The molecule has 7 nitrogen and oxygen atoms in total. The summed E-state index contributed by atoms with van der Waals surface area (Å²) >= 11 is 1.36. The van der Waals surface area contributed by atoms with Gasteiger partial charge in [0, 0.05) is 12.1 Å². The molecule has 3 aromatic heterocycles. The van der Waals surface area contributed by atoms with Crippen molar-refractivity contribution in [3.63, 3.8) is 0 Å². The molecule has 0 bridgehead atoms. The van der Waals surface area contributed by atoms with Gasteiger partial charge in [0.15, 0.2) is 12.1 Å². The van der Waals surface area contributed by atoms with Crippen molar-refractivity contribution in [3.05, 3.63) is 53.6 Å². The van der Waals surface area contributed by atoms with Crippen molar-refractivity contribution in [2.24, 2.45) is 0 Å². The third-order valence-corrected chi connectivity index (χ3v) is 4.06. The molecule has 0 aliphatic heterocycles. The van der Waals surface area contributed by atoms with Crippen molar-refractivity contribution in [1.82, 2.24) is 20.3 Å². The molecule has 0 unspecified atom stereocenters. The summed E-state index contributed by atoms with van der Waals surface area (Å²) in [6, 6.07) is 3.69. The lowest BCUT2D eigenvalue weighted by molar-refractivity contribution is 0.0947. The number of anilines is 2. The molecule has 3 rings (SSSR count). The van der Waals surface area contributed by atoms with Crippen molar-refractivity contribution in [2.45, 2.75) is 26.3 Å². The number of rotatable bonds is 6. The van der Waals surface area contributed by atoms with Gasteiger partial charge in [-0.3, -0.25) is 9.78 Å². The largest absolute Gasteiger partial charge is 0.448 e. The Hall–Kier alpha value is -2.74. The SMILES string of the molecule is CC(C)c1ocnc1CNC(=O)c1ncsc1Nc1cccnc1. The molecule has 0 aliphatic rings. The fourth-order valence-corrected chi connectivity index (χ4v) is 2.89. The predicted molar refractivity (Wildman–Crippen MR) is 91.4 cm³/mol. The molecular weight excluding hydrogens is 326 g/mol. The second-order valence-corrected chi connectivity index (χ2v) is 6.25. The molecule has 0 aliphatic carbocycles. The van der Waals surface area contributed by atoms with Crippen LogP contribution >= 0.6 is 11.3 Å². The van der Waals surface area contributed by atoms with Gasteiger partial charge >= 0.3 is 0 Å². The number of amides is 1. The Labute approximate surface area is 143 Å². The van der Waals surface area contributed by atoms with Crippen LogP contribution in [0, 0.1) is 0 Å². The number of aromatic nitrogens is 3. The second kappa shape index (κ2) is 7.22. The van der Waals surface area contributed by atoms with E-state index in [2.05, 4.69) is 25.6 Å². The highest BCUT2D eigenvalue weighted by atomic mass is 32.1. The molecule has 3 aromatic rings. The van der Waals surface area contributed by atoms with E-state index in [1.165, 1.54) is 17.7 Å². The van der Waals surface area contributed by atoms with E-state index in [-0.39, 0.29) is 11.8 Å². The number of nitrogens with one attached hydrogen (secondary N) is 2. The molecule has 0 fully saturated rings. The van der Waals surface area contributed by atoms with Crippen LogP contribution < -0.4 is 10.6 Å². The zero-order valence-corrected chi connectivity index (χ0v) is 14.1. The quantitative estimate of drug-likeness (QED) is 0.713. The first-order chi connectivity index (χ1) is 11.6. The molecule has 0 radical (unpaired) electrons. The third kappa shape index (κ3) is 3.60. The molecule has 0 aromatic carbocycles. The second-order valence-electron chi connectivity index (χ2n) is 5.40. The van der Waals surface area contributed by atoms with Crippen molar-refractivity contribution < 1.29 is 9.21 Å². The van der Waals surface area contributed by atoms with E-state index >= 15 is 0 Å². The maximum atomic E-state index is 12.4. The van der Waals surface area contributed by atoms with Crippen molar-refractivity contribution >= 4 is 27.9 Å². The summed E-state index contributed by atoms with van der Waals surface area (Å²) in [6.45, 7) is 4.33. The lowest BCUT2D eigenvalue weighted by Gasteiger charge is -2.07. The van der Waals surface area contributed by atoms with E-state index in [4.69, 9.17) is 4.42 Å². The van der Waals surface area contributed by atoms with Crippen LogP contribution in [0.25, 0.3) is 0 Å². The Balaban J connectivity index is 1.68. The zero-order valence-electron chi connectivity index (χ0n) is 13.3. The van der Waals surface area contributed by atoms with E-state index in [1.807, 2.05) is 26.0 Å². The summed E-state index contributed by atoms with van der Waals surface area (Å²) < 4.78 is 5.36. The van der Waals surface area contributed by atoms with Crippen LogP contribution in [0.5, 0.6) is 0 Å². The van der Waals surface area contributed by atoms with E-state index in [9.17, 15) is 4.79 Å². The maximum Gasteiger partial charge on any atom is 0.273 e. The highest BCUT2D eigenvalue weighted by Gasteiger charge is 2.17. The van der Waals surface area contributed by atoms with Crippen LogP contribution in [-0.4, -0.2) is 20.9 Å². The minimum atomic E-state index is -0.264. The molecule has 1 amide bonds. The van der Waals surface area contributed by atoms with Crippen LogP contribution in [0.4, 0.5) is 10.7 Å². The normalized spacial score (nSPS) is 10.8. The van der Waals surface area contributed by atoms with Gasteiger partial charge in [0.05, 0.1) is 23.9 Å². The lowest BCUT2D eigenvalue weighted by Crippen LogP contribution is -2.24. The first-order valence-corrected chi connectivity index (χ1v) is 8.34. The van der Waals surface area contributed by atoms with Gasteiger partial charge in [0.1, 0.15) is 16.5 Å². The first kappa shape index (κ1) is 16.1. The lowest BCUT2D eigenvalue weighted by atomic mass is 10.1. The number of nitrogens with zero attached hydrogens (tertiary/aromatic N) is 3. The molecule has 0 atom stereocenters. The van der Waals surface area contributed by atoms with Gasteiger partial charge in [-0.25, -0.2) is 9.97 Å². The van der Waals surface area contributed by atoms with Gasteiger partial charge in [-0.05, 0) is 12.1 Å². The molecule has 0 saturated carbocycles. The first-order valence-electron chi connectivity index (χ1n) is 7.46. The van der Waals surface area contributed by atoms with E-state index in [1.54, 1.807) is 17.9 Å². The van der Waals surface area contributed by atoms with Crippen LogP contribution in [0.1, 0.15) is 41.7 Å². The summed E-state index contributed by atoms with van der Waals surface area (Å²) in [4.78, 5) is 24.8. The van der Waals surface area contributed by atoms with Crippen molar-refractivity contribution in [2.75, 3.05) is 5.32 Å². The summed E-state index contributed by atoms with van der Waals surface area (Å²) in [5.41, 5.74) is 3.51. The summed E-state index contributed by atoms with van der Waals surface area (Å²) in [5.74, 6) is 0.726. The predicted octanol–water partition coefficient (Wildman–Crippen LogP) is 3.32. The number of thiazole rings is 1. The maximum absolute atomic E-state index is 12.4. The van der Waals surface area contributed by atoms with E-state index in [0.717, 1.165) is 17.1 Å². The fraction of sp³-hybridized carbons (Fsp3) is 0.250. The molecule has 24 heavy (non-hydrogen) atoms. The Morgan fingerprint density at radius 1 is 1.38 bits per heavy atom.